The van der Waals surface area contributed by atoms with E-state index in [1.165, 1.54) is 24.1 Å². The molecule has 31 atom stereocenters. The second-order valence-electron chi connectivity index (χ2n) is 24.2. The summed E-state index contributed by atoms with van der Waals surface area (Å²) in [5.41, 5.74) is 4.21. The molecular formula is C57H90O30. The molecule has 12 bridgehead atoms. The maximum Gasteiger partial charge on any atom is 0.187 e. The predicted octanol–water partition coefficient (Wildman–Crippen LogP) is -5.91. The third-order valence-electron chi connectivity index (χ3n) is 17.5. The summed E-state index contributed by atoms with van der Waals surface area (Å²) in [6.07, 6.45) is -42.4. The molecule has 23 aliphatic rings. The molecule has 0 saturated carbocycles. The maximum atomic E-state index is 11.9. The van der Waals surface area contributed by atoms with E-state index in [0.717, 1.165) is 24.8 Å². The molecule has 23 rings (SSSR count). The van der Waals surface area contributed by atoms with Crippen LogP contribution in [0, 0.1) is 11.3 Å². The van der Waals surface area contributed by atoms with Crippen molar-refractivity contribution in [2.24, 2.45) is 11.3 Å². The summed E-state index contributed by atoms with van der Waals surface area (Å²) in [5.74, 6) is -1.13. The molecule has 17 N–H and O–H groups in total. The number of aliphatic hydroxyl groups is 17. The van der Waals surface area contributed by atoms with Crippen molar-refractivity contribution in [3.63, 3.8) is 0 Å². The van der Waals surface area contributed by atoms with E-state index in [4.69, 9.17) is 61.6 Å². The van der Waals surface area contributed by atoms with Gasteiger partial charge in [-0.1, -0.05) is 67.9 Å². The fourth-order valence-corrected chi connectivity index (χ4v) is 12.3. The first kappa shape index (κ1) is 70.4. The largest absolute Gasteiger partial charge is 0.394 e. The van der Waals surface area contributed by atoms with Crippen LogP contribution in [-0.2, 0) is 61.6 Å². The molecule has 22 saturated heterocycles. The van der Waals surface area contributed by atoms with E-state index in [0.29, 0.717) is 5.57 Å². The Kier molecular flexibility index (Phi) is 24.7. The van der Waals surface area contributed by atoms with Gasteiger partial charge in [0.05, 0.1) is 45.7 Å². The van der Waals surface area contributed by atoms with Crippen molar-refractivity contribution >= 4 is 0 Å². The fraction of sp³-hybridized carbons (Fsp3) is 0.825. The van der Waals surface area contributed by atoms with Crippen LogP contribution in [-0.4, -0.2) is 311 Å². The Morgan fingerprint density at radius 2 is 0.805 bits per heavy atom. The first-order chi connectivity index (χ1) is 41.3. The van der Waals surface area contributed by atoms with Gasteiger partial charge in [-0.15, -0.1) is 0 Å². The molecule has 22 heterocycles. The van der Waals surface area contributed by atoms with Gasteiger partial charge in [0, 0.05) is 5.92 Å². The minimum absolute atomic E-state index is 0.0565. The Morgan fingerprint density at radius 3 is 1.17 bits per heavy atom. The maximum absolute atomic E-state index is 11.9. The van der Waals surface area contributed by atoms with Crippen LogP contribution < -0.4 is 0 Å². The van der Waals surface area contributed by atoms with Gasteiger partial charge < -0.3 is 148 Å². The lowest BCUT2D eigenvalue weighted by atomic mass is 9.72. The molecule has 31 unspecified atom stereocenters. The Morgan fingerprint density at radius 1 is 0.471 bits per heavy atom. The van der Waals surface area contributed by atoms with Gasteiger partial charge in [0.25, 0.3) is 0 Å². The topological polar surface area (TPSA) is 464 Å². The van der Waals surface area contributed by atoms with Crippen molar-refractivity contribution < 1.29 is 148 Å². The average Bonchev–Trinajstić information content (AvgIpc) is 1.05. The van der Waals surface area contributed by atoms with Crippen molar-refractivity contribution in [3.05, 3.63) is 58.7 Å². The number of hydrogen-bond donors (Lipinski definition) is 17. The molecule has 0 aromatic heterocycles. The zero-order valence-electron chi connectivity index (χ0n) is 49.1. The zero-order chi connectivity index (χ0) is 63.5. The van der Waals surface area contributed by atoms with Gasteiger partial charge in [0.15, 0.2) is 44.0 Å². The molecule has 22 aliphatic heterocycles. The highest BCUT2D eigenvalue weighted by Gasteiger charge is 2.58. The fourth-order valence-electron chi connectivity index (χ4n) is 12.3. The van der Waals surface area contributed by atoms with E-state index in [1.807, 2.05) is 19.1 Å². The van der Waals surface area contributed by atoms with Crippen molar-refractivity contribution in [2.45, 2.75) is 245 Å². The molecule has 0 radical (unpaired) electrons. The highest BCUT2D eigenvalue weighted by atomic mass is 16.8. The van der Waals surface area contributed by atoms with Crippen molar-refractivity contribution in [3.8, 4) is 0 Å². The molecular weight excluding hydrogens is 1160 g/mol. The third kappa shape index (κ3) is 15.6. The summed E-state index contributed by atoms with van der Waals surface area (Å²) < 4.78 is 76.6. The minimum Gasteiger partial charge on any atom is -0.394 e. The van der Waals surface area contributed by atoms with Gasteiger partial charge in [-0.05, 0) is 57.1 Å². The number of hydrogen-bond acceptors (Lipinski definition) is 30. The highest BCUT2D eigenvalue weighted by molar-refractivity contribution is 5.37. The van der Waals surface area contributed by atoms with Crippen LogP contribution in [0.15, 0.2) is 58.7 Å². The van der Waals surface area contributed by atoms with Crippen LogP contribution in [0.4, 0.5) is 0 Å². The Labute approximate surface area is 502 Å². The molecule has 30 nitrogen and oxygen atoms in total. The summed E-state index contributed by atoms with van der Waals surface area (Å²) in [5, 5.41) is 191. The quantitative estimate of drug-likeness (QED) is 0.0603. The van der Waals surface area contributed by atoms with E-state index < -0.39 is 230 Å². The molecule has 30 heteroatoms. The van der Waals surface area contributed by atoms with Crippen LogP contribution in [0.1, 0.15) is 60.8 Å². The first-order valence-electron chi connectivity index (χ1n) is 29.4. The van der Waals surface area contributed by atoms with Gasteiger partial charge in [-0.2, -0.15) is 0 Å². The number of aliphatic hydroxyl groups excluding tert-OH is 17. The van der Waals surface area contributed by atoms with E-state index in [2.05, 4.69) is 26.8 Å². The van der Waals surface area contributed by atoms with E-state index in [-0.39, 0.29) is 5.41 Å². The summed E-state index contributed by atoms with van der Waals surface area (Å²) in [7, 11) is 0. The Balaban J connectivity index is 1.07. The number of rotatable bonds is 13. The van der Waals surface area contributed by atoms with Crippen molar-refractivity contribution in [2.75, 3.05) is 39.6 Å². The van der Waals surface area contributed by atoms with E-state index >= 15 is 0 Å². The smallest absolute Gasteiger partial charge is 0.187 e. The second-order valence-corrected chi connectivity index (χ2v) is 24.2. The van der Waals surface area contributed by atoms with Crippen LogP contribution in [0.5, 0.6) is 0 Å². The standard InChI is InChI=1S/C57H90O30/c1-22(12-13-26-24(3)11-8-14-57(26,5)6)9-7-10-23(2)15-33(63)75-21-32-50-39(69)44(74)56(81-32)86-49-29(18-60)77-52(40(70)35(49)65)82-45-25(4)34(64)51(76-27(45)16-58)83-46-28(17-59)78-53(41(71)36(46)66)84-47-30(19-61)79-54(42(72)37(47)67)85-48-31(20-62)80-55(87-50)43(73)38(48)68/h7,9-10,12-13,15,25,27-56,58-74H,8,11,14,16-21H2,1-6H3/b10-7+,13-12+,22-9+,23-15+. The normalized spacial score (nSPS) is 47.6. The molecule has 22 fully saturated rings. The molecule has 498 valence electrons. The van der Waals surface area contributed by atoms with Crippen LogP contribution in [0.2, 0.25) is 0 Å². The summed E-state index contributed by atoms with van der Waals surface area (Å²) >= 11 is 0. The SMILES string of the molecule is CC1=C(/C=C/C(C)=C/C=C/C(C)=C/C(O)OCC2OC3OC4C(CO)OC(OC5C(CO)OC(OC6C(CO)OC(OC7C(CO)OC(OC8C(CO)OC(OC2C(O)C3O)C(O)C8O)C(O)C7O)C(O)C6O)C(O)C5C)C(O)C4O)C(C)(C)CCC1. The molecule has 0 aromatic carbocycles. The Bertz CT molecular complexity index is 2340. The lowest BCUT2D eigenvalue weighted by molar-refractivity contribution is -0.403. The molecule has 1 aliphatic carbocycles. The van der Waals surface area contributed by atoms with Crippen molar-refractivity contribution in [1.82, 2.24) is 0 Å². The molecule has 87 heavy (non-hydrogen) atoms. The van der Waals surface area contributed by atoms with Gasteiger partial charge >= 0.3 is 0 Å². The zero-order valence-corrected chi connectivity index (χ0v) is 49.1. The summed E-state index contributed by atoms with van der Waals surface area (Å²) in [6.45, 7) is 6.15. The Hall–Kier alpha value is -2.50. The monoisotopic (exact) mass is 1250 g/mol. The lowest BCUT2D eigenvalue weighted by Crippen LogP contribution is -2.68. The minimum atomic E-state index is -2.19. The van der Waals surface area contributed by atoms with Gasteiger partial charge in [-0.25, -0.2) is 0 Å². The third-order valence-corrected chi connectivity index (χ3v) is 17.5. The lowest BCUT2D eigenvalue weighted by Gasteiger charge is -2.51. The van der Waals surface area contributed by atoms with Crippen LogP contribution in [0.25, 0.3) is 0 Å². The number of ether oxygens (including phenoxy) is 13. The highest BCUT2D eigenvalue weighted by Crippen LogP contribution is 2.42. The summed E-state index contributed by atoms with van der Waals surface area (Å²) in [6, 6.07) is 0. The summed E-state index contributed by atoms with van der Waals surface area (Å²) in [4.78, 5) is 0. The van der Waals surface area contributed by atoms with Crippen LogP contribution >= 0.6 is 0 Å². The van der Waals surface area contributed by atoms with E-state index in [9.17, 15) is 86.8 Å². The average molecular weight is 1260 g/mol. The van der Waals surface area contributed by atoms with Gasteiger partial charge in [0.2, 0.25) is 0 Å². The van der Waals surface area contributed by atoms with E-state index in [1.54, 1.807) is 19.1 Å². The van der Waals surface area contributed by atoms with Gasteiger partial charge in [-0.3, -0.25) is 0 Å². The second kappa shape index (κ2) is 30.5. The van der Waals surface area contributed by atoms with Crippen molar-refractivity contribution in [1.29, 1.82) is 0 Å². The molecule has 0 spiro atoms. The van der Waals surface area contributed by atoms with Crippen LogP contribution in [0.3, 0.4) is 0 Å². The number of allylic oxidation sites excluding steroid dienone is 9. The predicted molar refractivity (Wildman–Crippen MR) is 290 cm³/mol. The molecule has 0 aromatic rings. The van der Waals surface area contributed by atoms with Gasteiger partial charge in [0.1, 0.15) is 134 Å². The molecule has 0 amide bonds. The first-order valence-corrected chi connectivity index (χ1v) is 29.4.